The van der Waals surface area contributed by atoms with E-state index in [0.717, 1.165) is 33.8 Å². The van der Waals surface area contributed by atoms with Crippen LogP contribution < -0.4 is 20.1 Å². The Balaban J connectivity index is 2.04. The quantitative estimate of drug-likeness (QED) is 0.204. The van der Waals surface area contributed by atoms with Crippen LogP contribution in [-0.4, -0.2) is 50.9 Å². The van der Waals surface area contributed by atoms with Gasteiger partial charge in [0.15, 0.2) is 5.69 Å². The average Bonchev–Trinajstić information content (AvgIpc) is 3.37. The van der Waals surface area contributed by atoms with Crippen molar-refractivity contribution in [3.63, 3.8) is 0 Å². The van der Waals surface area contributed by atoms with Crippen molar-refractivity contribution in [2.75, 3.05) is 23.8 Å². The van der Waals surface area contributed by atoms with E-state index < -0.39 is 38.2 Å². The van der Waals surface area contributed by atoms with Crippen LogP contribution in [0.15, 0.2) is 57.9 Å². The summed E-state index contributed by atoms with van der Waals surface area (Å²) in [7, 11) is -1.54. The molecule has 0 spiro atoms. The number of sulfonamides is 1. The first-order valence-electron chi connectivity index (χ1n) is 11.9. The third-order valence-corrected chi connectivity index (χ3v) is 7.99. The molecule has 0 atom stereocenters. The molecule has 3 aromatic rings. The number of amides is 1. The first-order chi connectivity index (χ1) is 18.7. The number of rotatable bonds is 10. The molecule has 3 rings (SSSR count). The van der Waals surface area contributed by atoms with Crippen molar-refractivity contribution in [1.82, 2.24) is 4.98 Å². The van der Waals surface area contributed by atoms with Crippen LogP contribution in [0, 0.1) is 5.82 Å². The highest BCUT2D eigenvalue weighted by Crippen LogP contribution is 2.34. The monoisotopic (exact) mass is 591 g/mol. The molecular formula is C26H30FN5O6S2. The second kappa shape index (κ2) is 12.4. The largest absolute Gasteiger partial charge is 0.497 e. The van der Waals surface area contributed by atoms with E-state index in [4.69, 9.17) is 15.2 Å². The van der Waals surface area contributed by atoms with E-state index in [0.29, 0.717) is 11.3 Å². The fourth-order valence-electron chi connectivity index (χ4n) is 3.37. The van der Waals surface area contributed by atoms with Crippen LogP contribution in [0.3, 0.4) is 0 Å². The van der Waals surface area contributed by atoms with Crippen molar-refractivity contribution in [2.45, 2.75) is 44.2 Å². The number of benzene rings is 2. The average molecular weight is 592 g/mol. The lowest BCUT2D eigenvalue weighted by Crippen LogP contribution is -2.32. The molecule has 0 radical (unpaired) electrons. The minimum Gasteiger partial charge on any atom is -0.497 e. The van der Waals surface area contributed by atoms with Crippen molar-refractivity contribution in [3.8, 4) is 5.75 Å². The van der Waals surface area contributed by atoms with Crippen molar-refractivity contribution in [1.29, 1.82) is 0 Å². The van der Waals surface area contributed by atoms with Crippen molar-refractivity contribution < 1.29 is 31.9 Å². The van der Waals surface area contributed by atoms with Gasteiger partial charge in [0.25, 0.3) is 10.0 Å². The van der Waals surface area contributed by atoms with E-state index in [2.05, 4.69) is 15.3 Å². The minimum atomic E-state index is -4.46. The number of carbonyl (C=O) groups excluding carboxylic acids is 2. The Morgan fingerprint density at radius 1 is 1.18 bits per heavy atom. The molecule has 2 aromatic carbocycles. The number of anilines is 2. The molecule has 40 heavy (non-hydrogen) atoms. The van der Waals surface area contributed by atoms with Crippen molar-refractivity contribution in [3.05, 3.63) is 65.0 Å². The second-order valence-electron chi connectivity index (χ2n) is 9.45. The molecule has 0 bridgehead atoms. The van der Waals surface area contributed by atoms with E-state index in [-0.39, 0.29) is 35.2 Å². The first kappa shape index (κ1) is 30.5. The molecule has 1 amide bonds. The maximum atomic E-state index is 15.0. The number of ether oxygens (including phenoxy) is 2. The number of nitrogens with one attached hydrogen (secondary N) is 1. The van der Waals surface area contributed by atoms with Gasteiger partial charge in [-0.1, -0.05) is 12.1 Å². The van der Waals surface area contributed by atoms with E-state index >= 15 is 4.39 Å². The summed E-state index contributed by atoms with van der Waals surface area (Å²) in [6, 6.07) is 9.73. The first-order valence-corrected chi connectivity index (χ1v) is 14.2. The number of nitrogens with zero attached hydrogens (tertiary/aromatic N) is 3. The normalized spacial score (nSPS) is 12.1. The summed E-state index contributed by atoms with van der Waals surface area (Å²) in [4.78, 5) is 32.4. The Morgan fingerprint density at radius 3 is 2.42 bits per heavy atom. The molecule has 0 aliphatic heterocycles. The van der Waals surface area contributed by atoms with Gasteiger partial charge in [-0.05, 0) is 56.7 Å². The minimum absolute atomic E-state index is 0.00261. The molecule has 0 saturated carbocycles. The maximum absolute atomic E-state index is 15.0. The number of aromatic nitrogens is 1. The molecule has 0 aliphatic carbocycles. The summed E-state index contributed by atoms with van der Waals surface area (Å²) < 4.78 is 54.4. The number of hydrogen-bond acceptors (Lipinski definition) is 9. The van der Waals surface area contributed by atoms with E-state index in [1.165, 1.54) is 19.7 Å². The third-order valence-electron chi connectivity index (χ3n) is 5.28. The highest BCUT2D eigenvalue weighted by molar-refractivity contribution is 7.93. The number of carbonyl (C=O) groups is 2. The van der Waals surface area contributed by atoms with Gasteiger partial charge in [0.1, 0.15) is 28.0 Å². The van der Waals surface area contributed by atoms with Crippen LogP contribution in [0.5, 0.6) is 5.75 Å². The van der Waals surface area contributed by atoms with Gasteiger partial charge in [-0.2, -0.15) is 0 Å². The Hall–Kier alpha value is -4.04. The van der Waals surface area contributed by atoms with Gasteiger partial charge in [-0.25, -0.2) is 22.6 Å². The summed E-state index contributed by atoms with van der Waals surface area (Å²) in [5.41, 5.74) is 6.15. The fraction of sp³-hybridized carbons (Fsp3) is 0.308. The number of methoxy groups -OCH3 is 1. The molecule has 11 nitrogen and oxygen atoms in total. The van der Waals surface area contributed by atoms with Crippen molar-refractivity contribution >= 4 is 49.8 Å². The van der Waals surface area contributed by atoms with Crippen LogP contribution in [0.2, 0.25) is 0 Å². The van der Waals surface area contributed by atoms with Crippen LogP contribution in [-0.2, 0) is 26.1 Å². The Morgan fingerprint density at radius 2 is 1.85 bits per heavy atom. The number of aliphatic imine (C=N–C) groups is 1. The van der Waals surface area contributed by atoms with Gasteiger partial charge in [0.2, 0.25) is 5.91 Å². The maximum Gasteiger partial charge on any atom is 0.360 e. The zero-order chi connectivity index (χ0) is 29.7. The predicted molar refractivity (Wildman–Crippen MR) is 151 cm³/mol. The number of thiazole rings is 1. The molecular weight excluding hydrogens is 561 g/mol. The second-order valence-corrected chi connectivity index (χ2v) is 12.1. The lowest BCUT2D eigenvalue weighted by atomic mass is 10.2. The van der Waals surface area contributed by atoms with Gasteiger partial charge in [0, 0.05) is 7.05 Å². The topological polar surface area (TPSA) is 153 Å². The lowest BCUT2D eigenvalue weighted by Gasteiger charge is -2.25. The van der Waals surface area contributed by atoms with Crippen LogP contribution in [0.25, 0.3) is 0 Å². The number of hydrogen-bond donors (Lipinski definition) is 2. The SMILES string of the molecule is CN=C(N)CC(=O)Nc1ccc(S(=O)(=O)N(Cc2ccc(OC)cc2)c2scnc2C(=O)OC(C)(C)C)cc1F. The zero-order valence-electron chi connectivity index (χ0n) is 22.6. The standard InChI is InChI=1S/C26H30FN5O6S2/c1-26(2,3)38-25(34)23-24(39-15-30-23)32(14-16-6-8-17(37-5)9-7-16)40(35,36)18-10-11-20(19(27)12-18)31-22(33)13-21(28)29-4/h6-12,15H,13-14H2,1-5H3,(H2,28,29)(H,31,33). The van der Waals surface area contributed by atoms with Crippen molar-refractivity contribution in [2.24, 2.45) is 10.7 Å². The number of amidine groups is 1. The number of esters is 1. The van der Waals surface area contributed by atoms with Gasteiger partial charge in [-0.3, -0.25) is 14.1 Å². The molecule has 1 heterocycles. The summed E-state index contributed by atoms with van der Waals surface area (Å²) in [5, 5.41) is 2.34. The summed E-state index contributed by atoms with van der Waals surface area (Å²) in [6.07, 6.45) is -0.259. The highest BCUT2D eigenvalue weighted by atomic mass is 32.2. The zero-order valence-corrected chi connectivity index (χ0v) is 24.2. The highest BCUT2D eigenvalue weighted by Gasteiger charge is 2.33. The third kappa shape index (κ3) is 7.54. The molecule has 0 aliphatic rings. The predicted octanol–water partition coefficient (Wildman–Crippen LogP) is 3.96. The molecule has 3 N–H and O–H groups in total. The Bertz CT molecular complexity index is 1520. The Kier molecular flexibility index (Phi) is 9.48. The van der Waals surface area contributed by atoms with E-state index in [9.17, 15) is 18.0 Å². The van der Waals surface area contributed by atoms with Gasteiger partial charge < -0.3 is 20.5 Å². The lowest BCUT2D eigenvalue weighted by molar-refractivity contribution is -0.115. The number of nitrogens with two attached hydrogens (primary N) is 1. The molecule has 14 heteroatoms. The number of halogens is 1. The van der Waals surface area contributed by atoms with Gasteiger partial charge in [-0.15, -0.1) is 11.3 Å². The van der Waals surface area contributed by atoms with Crippen LogP contribution >= 0.6 is 11.3 Å². The molecule has 0 fully saturated rings. The smallest absolute Gasteiger partial charge is 0.360 e. The van der Waals surface area contributed by atoms with E-state index in [1.54, 1.807) is 45.0 Å². The van der Waals surface area contributed by atoms with Gasteiger partial charge >= 0.3 is 5.97 Å². The molecule has 214 valence electrons. The summed E-state index contributed by atoms with van der Waals surface area (Å²) >= 11 is 0.920. The Labute approximate surface area is 235 Å². The molecule has 1 aromatic heterocycles. The summed E-state index contributed by atoms with van der Waals surface area (Å²) in [6.45, 7) is 4.82. The van der Waals surface area contributed by atoms with E-state index in [1.807, 2.05) is 0 Å². The molecule has 0 saturated heterocycles. The fourth-order valence-corrected chi connectivity index (χ4v) is 5.85. The van der Waals surface area contributed by atoms with Crippen LogP contribution in [0.1, 0.15) is 43.2 Å². The summed E-state index contributed by atoms with van der Waals surface area (Å²) in [5.74, 6) is -1.79. The molecule has 0 unspecified atom stereocenters. The van der Waals surface area contributed by atoms with Gasteiger partial charge in [0.05, 0.1) is 36.2 Å². The van der Waals surface area contributed by atoms with Crippen LogP contribution in [0.4, 0.5) is 15.1 Å².